The molecule has 2 atom stereocenters. The lowest BCUT2D eigenvalue weighted by Crippen LogP contribution is -2.47. The molecule has 1 aromatic rings. The van der Waals surface area contributed by atoms with Gasteiger partial charge in [0, 0.05) is 25.6 Å². The van der Waals surface area contributed by atoms with Gasteiger partial charge in [-0.1, -0.05) is 25.3 Å². The summed E-state index contributed by atoms with van der Waals surface area (Å²) in [6.45, 7) is 3.96. The molecule has 0 unspecified atom stereocenters. The lowest BCUT2D eigenvalue weighted by Gasteiger charge is -2.29. The molecule has 1 aromatic carbocycles. The topological polar surface area (TPSA) is 112 Å². The van der Waals surface area contributed by atoms with Crippen LogP contribution in [0.5, 0.6) is 11.5 Å². The summed E-state index contributed by atoms with van der Waals surface area (Å²) in [6.07, 6.45) is 7.90. The van der Waals surface area contributed by atoms with Crippen LogP contribution in [0.3, 0.4) is 0 Å². The van der Waals surface area contributed by atoms with Crippen LogP contribution < -0.4 is 25.4 Å². The first-order chi connectivity index (χ1) is 17.1. The van der Waals surface area contributed by atoms with Crippen LogP contribution in [-0.4, -0.2) is 73.4 Å². The van der Waals surface area contributed by atoms with Crippen LogP contribution in [-0.2, 0) is 4.79 Å². The van der Waals surface area contributed by atoms with Gasteiger partial charge < -0.3 is 35.4 Å². The van der Waals surface area contributed by atoms with E-state index < -0.39 is 12.1 Å². The molecule has 4 rings (SSSR count). The summed E-state index contributed by atoms with van der Waals surface area (Å²) in [5, 5.41) is 20.1. The second kappa shape index (κ2) is 13.0. The summed E-state index contributed by atoms with van der Waals surface area (Å²) in [4.78, 5) is 27.1. The summed E-state index contributed by atoms with van der Waals surface area (Å²) in [5.74, 6) is 1.17. The number of rotatable bonds is 10. The molecule has 0 aromatic heterocycles. The highest BCUT2D eigenvalue weighted by atomic mass is 16.6. The van der Waals surface area contributed by atoms with Gasteiger partial charge in [-0.2, -0.15) is 0 Å². The van der Waals surface area contributed by atoms with Crippen molar-refractivity contribution in [3.8, 4) is 11.5 Å². The van der Waals surface area contributed by atoms with Crippen molar-refractivity contribution in [3.63, 3.8) is 0 Å². The van der Waals surface area contributed by atoms with Gasteiger partial charge in [0.05, 0.1) is 6.04 Å². The van der Waals surface area contributed by atoms with Crippen molar-refractivity contribution in [3.05, 3.63) is 23.8 Å². The number of carbonyl (C=O) groups is 2. The van der Waals surface area contributed by atoms with E-state index in [9.17, 15) is 14.7 Å². The largest absolute Gasteiger partial charge is 0.486 e. The van der Waals surface area contributed by atoms with E-state index in [0.29, 0.717) is 49.8 Å². The van der Waals surface area contributed by atoms with Crippen LogP contribution in [0.2, 0.25) is 0 Å². The number of carbonyl (C=O) groups excluding carboxylic acids is 2. The molecule has 0 radical (unpaired) electrons. The second-order valence-corrected chi connectivity index (χ2v) is 9.87. The number of hydrogen-bond acceptors (Lipinski definition) is 6. The van der Waals surface area contributed by atoms with Crippen molar-refractivity contribution < 1.29 is 24.2 Å². The zero-order valence-electron chi connectivity index (χ0n) is 20.6. The van der Waals surface area contributed by atoms with Gasteiger partial charge in [-0.25, -0.2) is 4.79 Å². The van der Waals surface area contributed by atoms with Gasteiger partial charge >= 0.3 is 6.03 Å². The number of benzene rings is 1. The molecule has 1 aliphatic carbocycles. The number of nitrogens with zero attached hydrogens (tertiary/aromatic N) is 1. The number of ether oxygens (including phenoxy) is 2. The van der Waals surface area contributed by atoms with Gasteiger partial charge in [0.2, 0.25) is 5.91 Å². The van der Waals surface area contributed by atoms with Crippen molar-refractivity contribution in [1.29, 1.82) is 0 Å². The minimum Gasteiger partial charge on any atom is -0.486 e. The number of amides is 3. The fourth-order valence-electron chi connectivity index (χ4n) is 5.16. The molecular weight excluding hydrogens is 448 g/mol. The first-order valence-electron chi connectivity index (χ1n) is 13.2. The van der Waals surface area contributed by atoms with Crippen LogP contribution in [0.15, 0.2) is 18.2 Å². The third kappa shape index (κ3) is 7.73. The molecule has 1 saturated heterocycles. The van der Waals surface area contributed by atoms with Gasteiger partial charge in [0.15, 0.2) is 11.5 Å². The molecule has 3 amide bonds. The normalized spacial score (nSPS) is 20.1. The summed E-state index contributed by atoms with van der Waals surface area (Å²) in [7, 11) is 0. The molecule has 2 heterocycles. The van der Waals surface area contributed by atoms with Crippen molar-refractivity contribution in [2.24, 2.45) is 0 Å². The number of fused-ring (bicyclic) bond motifs is 1. The maximum Gasteiger partial charge on any atom is 0.315 e. The van der Waals surface area contributed by atoms with Gasteiger partial charge in [-0.15, -0.1) is 0 Å². The van der Waals surface area contributed by atoms with E-state index in [1.807, 2.05) is 12.1 Å². The highest BCUT2D eigenvalue weighted by molar-refractivity contribution is 5.77. The van der Waals surface area contributed by atoms with Gasteiger partial charge in [-0.05, 0) is 62.9 Å². The predicted octanol–water partition coefficient (Wildman–Crippen LogP) is 2.48. The number of likely N-dealkylation sites (tertiary alicyclic amines) is 1. The Morgan fingerprint density at radius 1 is 1.03 bits per heavy atom. The third-order valence-electron chi connectivity index (χ3n) is 7.10. The van der Waals surface area contributed by atoms with Crippen LogP contribution >= 0.6 is 0 Å². The SMILES string of the molecule is O=C(CCCNC(=O)NC1CCCCC1)N[C@H](CN1CCCC1)[C@H](O)c1ccc2c(c1)OCCO2. The predicted molar refractivity (Wildman–Crippen MR) is 133 cm³/mol. The molecule has 35 heavy (non-hydrogen) atoms. The van der Waals surface area contributed by atoms with E-state index in [0.717, 1.165) is 38.8 Å². The quantitative estimate of drug-likeness (QED) is 0.377. The lowest BCUT2D eigenvalue weighted by atomic mass is 9.96. The number of urea groups is 1. The summed E-state index contributed by atoms with van der Waals surface area (Å²) >= 11 is 0. The Hall–Kier alpha value is -2.52. The average molecular weight is 489 g/mol. The standard InChI is InChI=1S/C26H40N4O5/c31-24(9-6-12-27-26(33)28-20-7-2-1-3-8-20)29-21(18-30-13-4-5-14-30)25(32)19-10-11-22-23(17-19)35-16-15-34-22/h10-11,17,20-21,25,32H,1-9,12-16,18H2,(H,29,31)(H2,27,28,33)/t21-,25-/m1/s1. The molecule has 3 aliphatic rings. The fraction of sp³-hybridized carbons (Fsp3) is 0.692. The zero-order valence-corrected chi connectivity index (χ0v) is 20.6. The Bertz CT molecular complexity index is 839. The van der Waals surface area contributed by atoms with E-state index in [1.165, 1.54) is 19.3 Å². The van der Waals surface area contributed by atoms with Crippen LogP contribution in [0.4, 0.5) is 4.79 Å². The average Bonchev–Trinajstić information content (AvgIpc) is 3.39. The molecule has 0 spiro atoms. The number of aliphatic hydroxyl groups is 1. The highest BCUT2D eigenvalue weighted by Crippen LogP contribution is 2.33. The number of nitrogens with one attached hydrogen (secondary N) is 3. The number of aliphatic hydroxyl groups excluding tert-OH is 1. The minimum absolute atomic E-state index is 0.125. The molecule has 4 N–H and O–H groups in total. The second-order valence-electron chi connectivity index (χ2n) is 9.87. The van der Waals surface area contributed by atoms with Crippen molar-refractivity contribution in [2.45, 2.75) is 76.0 Å². The Kier molecular flexibility index (Phi) is 9.48. The van der Waals surface area contributed by atoms with Gasteiger partial charge in [0.25, 0.3) is 0 Å². The summed E-state index contributed by atoms with van der Waals surface area (Å²) in [5.41, 5.74) is 0.694. The monoisotopic (exact) mass is 488 g/mol. The molecular formula is C26H40N4O5. The first-order valence-corrected chi connectivity index (χ1v) is 13.2. The van der Waals surface area contributed by atoms with Crippen molar-refractivity contribution in [1.82, 2.24) is 20.9 Å². The molecule has 2 fully saturated rings. The Morgan fingerprint density at radius 3 is 2.54 bits per heavy atom. The van der Waals surface area contributed by atoms with Gasteiger partial charge in [-0.3, -0.25) is 4.79 Å². The van der Waals surface area contributed by atoms with E-state index >= 15 is 0 Å². The zero-order chi connectivity index (χ0) is 24.5. The third-order valence-corrected chi connectivity index (χ3v) is 7.10. The molecule has 1 saturated carbocycles. The molecule has 9 nitrogen and oxygen atoms in total. The number of hydrogen-bond donors (Lipinski definition) is 4. The molecule has 0 bridgehead atoms. The van der Waals surface area contributed by atoms with Crippen LogP contribution in [0.25, 0.3) is 0 Å². The first kappa shape index (κ1) is 25.6. The van der Waals surface area contributed by atoms with E-state index in [1.54, 1.807) is 6.07 Å². The van der Waals surface area contributed by atoms with Crippen LogP contribution in [0.1, 0.15) is 69.5 Å². The maximum absolute atomic E-state index is 12.7. The van der Waals surface area contributed by atoms with Crippen molar-refractivity contribution in [2.75, 3.05) is 39.4 Å². The van der Waals surface area contributed by atoms with Crippen LogP contribution in [0, 0.1) is 0 Å². The summed E-state index contributed by atoms with van der Waals surface area (Å²) < 4.78 is 11.3. The van der Waals surface area contributed by atoms with E-state index in [2.05, 4.69) is 20.9 Å². The minimum atomic E-state index is -0.866. The lowest BCUT2D eigenvalue weighted by molar-refractivity contribution is -0.123. The Labute approximate surface area is 207 Å². The highest BCUT2D eigenvalue weighted by Gasteiger charge is 2.27. The fourth-order valence-corrected chi connectivity index (χ4v) is 5.16. The summed E-state index contributed by atoms with van der Waals surface area (Å²) in [6, 6.07) is 5.11. The van der Waals surface area contributed by atoms with E-state index in [4.69, 9.17) is 9.47 Å². The maximum atomic E-state index is 12.7. The smallest absolute Gasteiger partial charge is 0.315 e. The molecule has 2 aliphatic heterocycles. The molecule has 194 valence electrons. The van der Waals surface area contributed by atoms with Crippen molar-refractivity contribution >= 4 is 11.9 Å². The Balaban J connectivity index is 1.26. The Morgan fingerprint density at radius 2 is 1.77 bits per heavy atom. The van der Waals surface area contributed by atoms with Gasteiger partial charge in [0.1, 0.15) is 19.3 Å². The van der Waals surface area contributed by atoms with E-state index in [-0.39, 0.29) is 24.4 Å². The molecule has 9 heteroatoms.